The molecule has 4 nitrogen and oxygen atoms in total. The predicted molar refractivity (Wildman–Crippen MR) is 80.1 cm³/mol. The fourth-order valence-corrected chi connectivity index (χ4v) is 3.75. The second-order valence-electron chi connectivity index (χ2n) is 5.05. The summed E-state index contributed by atoms with van der Waals surface area (Å²) in [5, 5.41) is 5.36. The standard InChI is InChI=1S/C13H22N2O2S2/c1-15(9-7-13-4-2-10-18-13)19(16,17)11-3-8-14-12-5-6-12/h2,4,10,12,14H,3,5-9,11H2,1H3. The van der Waals surface area contributed by atoms with Crippen LogP contribution < -0.4 is 5.32 Å². The van der Waals surface area contributed by atoms with Crippen LogP contribution in [-0.4, -0.2) is 44.7 Å². The number of hydrogen-bond acceptors (Lipinski definition) is 4. The van der Waals surface area contributed by atoms with Gasteiger partial charge in [0.05, 0.1) is 5.75 Å². The molecular weight excluding hydrogens is 280 g/mol. The Morgan fingerprint density at radius 2 is 2.26 bits per heavy atom. The highest BCUT2D eigenvalue weighted by Gasteiger charge is 2.21. The molecule has 0 radical (unpaired) electrons. The lowest BCUT2D eigenvalue weighted by molar-refractivity contribution is 0.471. The molecule has 0 unspecified atom stereocenters. The van der Waals surface area contributed by atoms with Crippen molar-refractivity contribution in [3.63, 3.8) is 0 Å². The van der Waals surface area contributed by atoms with Crippen molar-refractivity contribution in [3.05, 3.63) is 22.4 Å². The molecular formula is C13H22N2O2S2. The summed E-state index contributed by atoms with van der Waals surface area (Å²) >= 11 is 1.68. The van der Waals surface area contributed by atoms with E-state index in [0.717, 1.165) is 13.0 Å². The van der Waals surface area contributed by atoms with E-state index in [2.05, 4.69) is 5.32 Å². The van der Waals surface area contributed by atoms with E-state index in [-0.39, 0.29) is 5.75 Å². The third-order valence-electron chi connectivity index (χ3n) is 3.32. The van der Waals surface area contributed by atoms with Gasteiger partial charge in [0, 0.05) is 24.5 Å². The average molecular weight is 302 g/mol. The first-order valence-corrected chi connectivity index (χ1v) is 9.26. The van der Waals surface area contributed by atoms with E-state index in [4.69, 9.17) is 0 Å². The van der Waals surface area contributed by atoms with Crippen molar-refractivity contribution in [3.8, 4) is 0 Å². The van der Waals surface area contributed by atoms with Crippen LogP contribution in [0.4, 0.5) is 0 Å². The highest BCUT2D eigenvalue weighted by molar-refractivity contribution is 7.89. The molecule has 0 aliphatic heterocycles. The lowest BCUT2D eigenvalue weighted by Gasteiger charge is -2.16. The third-order valence-corrected chi connectivity index (χ3v) is 6.19. The molecule has 19 heavy (non-hydrogen) atoms. The molecule has 1 aliphatic carbocycles. The molecule has 0 atom stereocenters. The smallest absolute Gasteiger partial charge is 0.213 e. The minimum atomic E-state index is -3.09. The maximum atomic E-state index is 12.1. The molecule has 6 heteroatoms. The largest absolute Gasteiger partial charge is 0.314 e. The van der Waals surface area contributed by atoms with Crippen LogP contribution in [-0.2, 0) is 16.4 Å². The van der Waals surface area contributed by atoms with Crippen molar-refractivity contribution in [2.24, 2.45) is 0 Å². The SMILES string of the molecule is CN(CCc1cccs1)S(=O)(=O)CCCNC1CC1. The van der Waals surface area contributed by atoms with Crippen LogP contribution in [0.15, 0.2) is 17.5 Å². The highest BCUT2D eigenvalue weighted by atomic mass is 32.2. The molecule has 0 saturated heterocycles. The zero-order valence-corrected chi connectivity index (χ0v) is 13.0. The van der Waals surface area contributed by atoms with Gasteiger partial charge in [0.1, 0.15) is 0 Å². The molecule has 1 aromatic heterocycles. The maximum Gasteiger partial charge on any atom is 0.213 e. The number of nitrogens with zero attached hydrogens (tertiary/aromatic N) is 1. The van der Waals surface area contributed by atoms with E-state index in [0.29, 0.717) is 19.0 Å². The molecule has 1 fully saturated rings. The first-order chi connectivity index (χ1) is 9.08. The van der Waals surface area contributed by atoms with Gasteiger partial charge in [0.15, 0.2) is 0 Å². The van der Waals surface area contributed by atoms with Crippen molar-refractivity contribution >= 4 is 21.4 Å². The van der Waals surface area contributed by atoms with Crippen LogP contribution in [0.2, 0.25) is 0 Å². The van der Waals surface area contributed by atoms with Crippen LogP contribution in [0.3, 0.4) is 0 Å². The molecule has 0 spiro atoms. The zero-order chi connectivity index (χ0) is 13.7. The minimum absolute atomic E-state index is 0.244. The molecule has 0 amide bonds. The monoisotopic (exact) mass is 302 g/mol. The first-order valence-electron chi connectivity index (χ1n) is 6.78. The summed E-state index contributed by atoms with van der Waals surface area (Å²) in [4.78, 5) is 1.23. The third kappa shape index (κ3) is 5.22. The Bertz CT molecular complexity index is 467. The van der Waals surface area contributed by atoms with Crippen molar-refractivity contribution in [1.29, 1.82) is 0 Å². The van der Waals surface area contributed by atoms with Gasteiger partial charge in [-0.05, 0) is 43.7 Å². The van der Waals surface area contributed by atoms with Crippen molar-refractivity contribution in [2.45, 2.75) is 31.7 Å². The maximum absolute atomic E-state index is 12.1. The van der Waals surface area contributed by atoms with Crippen LogP contribution in [0.25, 0.3) is 0 Å². The second-order valence-corrected chi connectivity index (χ2v) is 8.28. The Hall–Kier alpha value is -0.430. The van der Waals surface area contributed by atoms with E-state index >= 15 is 0 Å². The summed E-state index contributed by atoms with van der Waals surface area (Å²) in [6.45, 7) is 1.38. The Balaban J connectivity index is 1.67. The lowest BCUT2D eigenvalue weighted by atomic mass is 10.3. The number of thiophene rings is 1. The van der Waals surface area contributed by atoms with Crippen LogP contribution in [0, 0.1) is 0 Å². The van der Waals surface area contributed by atoms with E-state index in [1.165, 1.54) is 22.0 Å². The summed E-state index contributed by atoms with van der Waals surface area (Å²) in [6, 6.07) is 4.70. The van der Waals surface area contributed by atoms with Gasteiger partial charge in [-0.2, -0.15) is 0 Å². The van der Waals surface area contributed by atoms with Gasteiger partial charge in [0.25, 0.3) is 0 Å². The van der Waals surface area contributed by atoms with Crippen molar-refractivity contribution < 1.29 is 8.42 Å². The number of likely N-dealkylation sites (N-methyl/N-ethyl adjacent to an activating group) is 1. The van der Waals surface area contributed by atoms with Gasteiger partial charge >= 0.3 is 0 Å². The Labute approximate surface area is 119 Å². The molecule has 1 saturated carbocycles. The van der Waals surface area contributed by atoms with Gasteiger partial charge in [-0.3, -0.25) is 0 Å². The van der Waals surface area contributed by atoms with Gasteiger partial charge in [-0.1, -0.05) is 6.07 Å². The van der Waals surface area contributed by atoms with Crippen molar-refractivity contribution in [1.82, 2.24) is 9.62 Å². The summed E-state index contributed by atoms with van der Waals surface area (Å²) in [7, 11) is -1.42. The van der Waals surface area contributed by atoms with E-state index in [1.807, 2.05) is 17.5 Å². The number of sulfonamides is 1. The van der Waals surface area contributed by atoms with Gasteiger partial charge in [-0.15, -0.1) is 11.3 Å². The summed E-state index contributed by atoms with van der Waals surface area (Å²) < 4.78 is 25.6. The normalized spacial score (nSPS) is 16.1. The second kappa shape index (κ2) is 6.83. The Morgan fingerprint density at radius 3 is 2.89 bits per heavy atom. The van der Waals surface area contributed by atoms with Gasteiger partial charge in [-0.25, -0.2) is 12.7 Å². The molecule has 1 heterocycles. The Morgan fingerprint density at radius 1 is 1.47 bits per heavy atom. The summed E-state index contributed by atoms with van der Waals surface area (Å²) in [5.74, 6) is 0.244. The summed E-state index contributed by atoms with van der Waals surface area (Å²) in [5.41, 5.74) is 0. The topological polar surface area (TPSA) is 49.4 Å². The molecule has 2 rings (SSSR count). The summed E-state index contributed by atoms with van der Waals surface area (Å²) in [6.07, 6.45) is 3.98. The average Bonchev–Trinajstić information content (AvgIpc) is 3.06. The van der Waals surface area contributed by atoms with Gasteiger partial charge in [0.2, 0.25) is 10.0 Å². The lowest BCUT2D eigenvalue weighted by Crippen LogP contribution is -2.32. The van der Waals surface area contributed by atoms with Crippen LogP contribution >= 0.6 is 11.3 Å². The van der Waals surface area contributed by atoms with Crippen molar-refractivity contribution in [2.75, 3.05) is 25.9 Å². The van der Waals surface area contributed by atoms with E-state index in [1.54, 1.807) is 18.4 Å². The molecule has 1 aliphatic rings. The zero-order valence-electron chi connectivity index (χ0n) is 11.3. The fourth-order valence-electron chi connectivity index (χ4n) is 1.87. The molecule has 1 aromatic rings. The first kappa shape index (κ1) is 15.0. The molecule has 0 bridgehead atoms. The molecule has 0 aromatic carbocycles. The van der Waals surface area contributed by atoms with Crippen LogP contribution in [0.1, 0.15) is 24.1 Å². The number of nitrogens with one attached hydrogen (secondary N) is 1. The van der Waals surface area contributed by atoms with E-state index < -0.39 is 10.0 Å². The Kier molecular flexibility index (Phi) is 5.38. The minimum Gasteiger partial charge on any atom is -0.314 e. The number of rotatable bonds is 9. The number of hydrogen-bond donors (Lipinski definition) is 1. The quantitative estimate of drug-likeness (QED) is 0.706. The molecule has 1 N–H and O–H groups in total. The van der Waals surface area contributed by atoms with Gasteiger partial charge < -0.3 is 5.32 Å². The van der Waals surface area contributed by atoms with Crippen LogP contribution in [0.5, 0.6) is 0 Å². The molecule has 108 valence electrons. The fraction of sp³-hybridized carbons (Fsp3) is 0.692. The predicted octanol–water partition coefficient (Wildman–Crippen LogP) is 1.69. The van der Waals surface area contributed by atoms with E-state index in [9.17, 15) is 8.42 Å². The highest BCUT2D eigenvalue weighted by Crippen LogP contribution is 2.18.